The Balaban J connectivity index is 1.91. The Morgan fingerprint density at radius 2 is 1.90 bits per heavy atom. The molecule has 0 spiro atoms. The molecular formula is C17H32N2O. The third kappa shape index (κ3) is 3.75. The number of piperidine rings is 1. The van der Waals surface area contributed by atoms with Crippen LogP contribution in [0.1, 0.15) is 71.6 Å². The fraction of sp³-hybridized carbons (Fsp3) is 0.941. The molecule has 1 aliphatic heterocycles. The minimum absolute atomic E-state index is 0.141. The third-order valence-corrected chi connectivity index (χ3v) is 5.42. The average Bonchev–Trinajstić information content (AvgIpc) is 2.47. The Labute approximate surface area is 124 Å². The van der Waals surface area contributed by atoms with Gasteiger partial charge in [0.25, 0.3) is 0 Å². The van der Waals surface area contributed by atoms with Gasteiger partial charge in [0.05, 0.1) is 5.41 Å². The summed E-state index contributed by atoms with van der Waals surface area (Å²) in [5.41, 5.74) is 0.196. The number of amides is 1. The molecule has 1 heterocycles. The van der Waals surface area contributed by atoms with Gasteiger partial charge >= 0.3 is 0 Å². The molecule has 1 aliphatic carbocycles. The van der Waals surface area contributed by atoms with Gasteiger partial charge in [-0.3, -0.25) is 4.79 Å². The van der Waals surface area contributed by atoms with Crippen molar-refractivity contribution < 1.29 is 4.79 Å². The number of carbonyl (C=O) groups is 1. The van der Waals surface area contributed by atoms with Crippen LogP contribution in [-0.4, -0.2) is 25.5 Å². The maximum Gasteiger partial charge on any atom is 0.227 e. The molecular weight excluding hydrogens is 248 g/mol. The largest absolute Gasteiger partial charge is 0.355 e. The van der Waals surface area contributed by atoms with Crippen LogP contribution in [0.15, 0.2) is 0 Å². The Hall–Kier alpha value is -0.570. The molecule has 3 nitrogen and oxygen atoms in total. The third-order valence-electron chi connectivity index (χ3n) is 5.42. The summed E-state index contributed by atoms with van der Waals surface area (Å²) in [6.07, 6.45) is 10.9. The van der Waals surface area contributed by atoms with Crippen molar-refractivity contribution in [2.24, 2.45) is 10.8 Å². The Morgan fingerprint density at radius 3 is 2.50 bits per heavy atom. The van der Waals surface area contributed by atoms with E-state index >= 15 is 0 Å². The van der Waals surface area contributed by atoms with Crippen LogP contribution in [0.5, 0.6) is 0 Å². The second-order valence-corrected chi connectivity index (χ2v) is 7.36. The molecule has 0 aromatic rings. The quantitative estimate of drug-likeness (QED) is 0.811. The zero-order valence-corrected chi connectivity index (χ0v) is 13.4. The van der Waals surface area contributed by atoms with E-state index in [-0.39, 0.29) is 5.41 Å². The molecule has 0 aromatic heterocycles. The highest BCUT2D eigenvalue weighted by Gasteiger charge is 2.39. The fourth-order valence-electron chi connectivity index (χ4n) is 4.03. The van der Waals surface area contributed by atoms with Crippen LogP contribution in [0.2, 0.25) is 0 Å². The molecule has 0 radical (unpaired) electrons. The summed E-state index contributed by atoms with van der Waals surface area (Å²) in [4.78, 5) is 12.7. The highest BCUT2D eigenvalue weighted by molar-refractivity contribution is 5.83. The van der Waals surface area contributed by atoms with Crippen LogP contribution in [0.3, 0.4) is 0 Å². The van der Waals surface area contributed by atoms with Gasteiger partial charge in [-0.1, -0.05) is 39.5 Å². The maximum absolute atomic E-state index is 12.7. The lowest BCUT2D eigenvalue weighted by atomic mass is 9.74. The van der Waals surface area contributed by atoms with Crippen LogP contribution in [0, 0.1) is 10.8 Å². The van der Waals surface area contributed by atoms with Gasteiger partial charge in [0.2, 0.25) is 5.91 Å². The van der Waals surface area contributed by atoms with Crippen molar-refractivity contribution in [2.75, 3.05) is 19.6 Å². The molecule has 1 unspecified atom stereocenters. The maximum atomic E-state index is 12.7. The van der Waals surface area contributed by atoms with Gasteiger partial charge in [-0.15, -0.1) is 0 Å². The van der Waals surface area contributed by atoms with Crippen LogP contribution in [0.25, 0.3) is 0 Å². The highest BCUT2D eigenvalue weighted by atomic mass is 16.2. The Bertz CT molecular complexity index is 309. The van der Waals surface area contributed by atoms with E-state index in [0.29, 0.717) is 11.3 Å². The lowest BCUT2D eigenvalue weighted by Crippen LogP contribution is -2.52. The van der Waals surface area contributed by atoms with Crippen LogP contribution in [0.4, 0.5) is 0 Å². The van der Waals surface area contributed by atoms with Gasteiger partial charge in [0, 0.05) is 13.1 Å². The molecule has 1 saturated carbocycles. The molecule has 0 bridgehead atoms. The molecule has 2 aliphatic rings. The molecule has 0 aromatic carbocycles. The predicted molar refractivity (Wildman–Crippen MR) is 83.6 cm³/mol. The first-order valence-electron chi connectivity index (χ1n) is 8.59. The van der Waals surface area contributed by atoms with Gasteiger partial charge in [0.15, 0.2) is 0 Å². The molecule has 3 heteroatoms. The normalized spacial score (nSPS) is 29.9. The summed E-state index contributed by atoms with van der Waals surface area (Å²) in [5, 5.41) is 6.74. The monoisotopic (exact) mass is 280 g/mol. The number of rotatable bonds is 5. The van der Waals surface area contributed by atoms with Crippen molar-refractivity contribution in [1.29, 1.82) is 0 Å². The average molecular weight is 280 g/mol. The first kappa shape index (κ1) is 15.8. The van der Waals surface area contributed by atoms with E-state index in [1.807, 2.05) is 0 Å². The standard InChI is InChI=1S/C17H32N2O/c1-3-8-17(11-7-12-18-14-17)15(20)19-13-16(2)9-5-4-6-10-16/h18H,3-14H2,1-2H3,(H,19,20). The van der Waals surface area contributed by atoms with Crippen LogP contribution < -0.4 is 10.6 Å². The topological polar surface area (TPSA) is 41.1 Å². The van der Waals surface area contributed by atoms with Crippen molar-refractivity contribution in [3.63, 3.8) is 0 Å². The van der Waals surface area contributed by atoms with Crippen molar-refractivity contribution in [2.45, 2.75) is 71.6 Å². The van der Waals surface area contributed by atoms with Gasteiger partial charge in [-0.05, 0) is 44.1 Å². The van der Waals surface area contributed by atoms with E-state index in [1.165, 1.54) is 32.1 Å². The summed E-state index contributed by atoms with van der Waals surface area (Å²) in [6.45, 7) is 7.33. The summed E-state index contributed by atoms with van der Waals surface area (Å²) < 4.78 is 0. The smallest absolute Gasteiger partial charge is 0.227 e. The highest BCUT2D eigenvalue weighted by Crippen LogP contribution is 2.36. The second kappa shape index (κ2) is 6.93. The molecule has 116 valence electrons. The van der Waals surface area contributed by atoms with Crippen molar-refractivity contribution in [1.82, 2.24) is 10.6 Å². The minimum Gasteiger partial charge on any atom is -0.355 e. The van der Waals surface area contributed by atoms with E-state index in [9.17, 15) is 4.79 Å². The fourth-order valence-corrected chi connectivity index (χ4v) is 4.03. The van der Waals surface area contributed by atoms with Gasteiger partial charge in [-0.2, -0.15) is 0 Å². The first-order valence-corrected chi connectivity index (χ1v) is 8.59. The van der Waals surface area contributed by atoms with Crippen molar-refractivity contribution >= 4 is 5.91 Å². The van der Waals surface area contributed by atoms with Gasteiger partial charge in [0.1, 0.15) is 0 Å². The van der Waals surface area contributed by atoms with E-state index in [1.54, 1.807) is 0 Å². The van der Waals surface area contributed by atoms with Crippen molar-refractivity contribution in [3.8, 4) is 0 Å². The summed E-state index contributed by atoms with van der Waals surface area (Å²) in [5.74, 6) is 0.304. The summed E-state index contributed by atoms with van der Waals surface area (Å²) >= 11 is 0. The first-order chi connectivity index (χ1) is 9.60. The summed E-state index contributed by atoms with van der Waals surface area (Å²) in [6, 6.07) is 0. The molecule has 2 rings (SSSR count). The van der Waals surface area contributed by atoms with E-state index < -0.39 is 0 Å². The van der Waals surface area contributed by atoms with Crippen LogP contribution >= 0.6 is 0 Å². The lowest BCUT2D eigenvalue weighted by molar-refractivity contribution is -0.133. The van der Waals surface area contributed by atoms with E-state index in [2.05, 4.69) is 24.5 Å². The molecule has 1 saturated heterocycles. The second-order valence-electron chi connectivity index (χ2n) is 7.36. The van der Waals surface area contributed by atoms with Crippen LogP contribution in [-0.2, 0) is 4.79 Å². The Kier molecular flexibility index (Phi) is 5.48. The summed E-state index contributed by atoms with van der Waals surface area (Å²) in [7, 11) is 0. The molecule has 1 atom stereocenters. The molecule has 2 fully saturated rings. The van der Waals surface area contributed by atoms with Crippen molar-refractivity contribution in [3.05, 3.63) is 0 Å². The number of carbonyl (C=O) groups excluding carboxylic acids is 1. The van der Waals surface area contributed by atoms with E-state index in [4.69, 9.17) is 0 Å². The minimum atomic E-state index is -0.141. The van der Waals surface area contributed by atoms with Gasteiger partial charge < -0.3 is 10.6 Å². The van der Waals surface area contributed by atoms with Gasteiger partial charge in [-0.25, -0.2) is 0 Å². The lowest BCUT2D eigenvalue weighted by Gasteiger charge is -2.39. The molecule has 20 heavy (non-hydrogen) atoms. The predicted octanol–water partition coefficient (Wildman–Crippen LogP) is 3.24. The molecule has 2 N–H and O–H groups in total. The zero-order valence-electron chi connectivity index (χ0n) is 13.4. The molecule has 1 amide bonds. The zero-order chi connectivity index (χ0) is 14.5. The number of hydrogen-bond acceptors (Lipinski definition) is 2. The number of nitrogens with one attached hydrogen (secondary N) is 2. The number of hydrogen-bond donors (Lipinski definition) is 2. The Morgan fingerprint density at radius 1 is 1.15 bits per heavy atom. The SMILES string of the molecule is CCCC1(C(=O)NCC2(C)CCCCC2)CCCNC1. The van der Waals surface area contributed by atoms with E-state index in [0.717, 1.165) is 45.3 Å².